The second-order valence-electron chi connectivity index (χ2n) is 4.98. The number of benzene rings is 1. The number of carbonyl (C=O) groups is 1. The molecule has 8 heteroatoms. The molecule has 116 valence electrons. The van der Waals surface area contributed by atoms with Crippen molar-refractivity contribution in [2.75, 3.05) is 6.54 Å². The first-order valence-electron chi connectivity index (χ1n) is 6.49. The average molecular weight is 318 g/mol. The molecule has 0 saturated heterocycles. The third kappa shape index (κ3) is 3.56. The van der Waals surface area contributed by atoms with Crippen LogP contribution in [0.15, 0.2) is 29.2 Å². The fourth-order valence-electron chi connectivity index (χ4n) is 2.02. The summed E-state index contributed by atoms with van der Waals surface area (Å²) < 4.78 is 47.3. The van der Waals surface area contributed by atoms with E-state index in [0.717, 1.165) is 25.0 Å². The van der Waals surface area contributed by atoms with Gasteiger partial charge in [0.2, 0.25) is 9.84 Å². The molecule has 1 aromatic carbocycles. The zero-order valence-corrected chi connectivity index (χ0v) is 11.9. The minimum Gasteiger partial charge on any atom is -0.348 e. The zero-order chi connectivity index (χ0) is 15.6. The van der Waals surface area contributed by atoms with E-state index in [1.165, 1.54) is 12.1 Å². The smallest absolute Gasteiger partial charge is 0.341 e. The van der Waals surface area contributed by atoms with Crippen LogP contribution in [0.3, 0.4) is 0 Å². The molecule has 1 atom stereocenters. The van der Waals surface area contributed by atoms with Gasteiger partial charge in [-0.05, 0) is 43.0 Å². The van der Waals surface area contributed by atoms with Gasteiger partial charge in [-0.15, -0.1) is 0 Å². The quantitative estimate of drug-likeness (QED) is 0.823. The van der Waals surface area contributed by atoms with Crippen molar-refractivity contribution in [3.63, 3.8) is 0 Å². The summed E-state index contributed by atoms with van der Waals surface area (Å²) in [7, 11) is -4.64. The molecule has 1 unspecified atom stereocenters. The molecule has 5 nitrogen and oxygen atoms in total. The number of alkyl halides is 2. The normalized spacial score (nSPS) is 16.8. The van der Waals surface area contributed by atoms with Crippen LogP contribution in [-0.4, -0.2) is 32.7 Å². The number of sulfone groups is 1. The topological polar surface area (TPSA) is 89.3 Å². The number of rotatable bonds is 6. The SMILES string of the molecule is NCC(NC(=O)c1ccc(S(=O)(=O)C(F)F)cc1)C1CC1. The molecule has 0 heterocycles. The Kier molecular flexibility index (Phi) is 4.58. The van der Waals surface area contributed by atoms with E-state index in [1.54, 1.807) is 0 Å². The van der Waals surface area contributed by atoms with Gasteiger partial charge in [0, 0.05) is 18.2 Å². The maximum Gasteiger partial charge on any atom is 0.341 e. The minimum absolute atomic E-state index is 0.109. The summed E-state index contributed by atoms with van der Waals surface area (Å²) in [5, 5.41) is 2.76. The van der Waals surface area contributed by atoms with Crippen molar-refractivity contribution in [1.29, 1.82) is 0 Å². The molecule has 1 aliphatic rings. The van der Waals surface area contributed by atoms with Crippen LogP contribution in [-0.2, 0) is 9.84 Å². The van der Waals surface area contributed by atoms with E-state index in [9.17, 15) is 22.0 Å². The lowest BCUT2D eigenvalue weighted by Gasteiger charge is -2.16. The van der Waals surface area contributed by atoms with Gasteiger partial charge >= 0.3 is 5.76 Å². The zero-order valence-electron chi connectivity index (χ0n) is 11.1. The number of nitrogens with two attached hydrogens (primary N) is 1. The lowest BCUT2D eigenvalue weighted by atomic mass is 10.1. The second kappa shape index (κ2) is 6.07. The Hall–Kier alpha value is -1.54. The van der Waals surface area contributed by atoms with Gasteiger partial charge in [-0.25, -0.2) is 8.42 Å². The molecule has 1 amide bonds. The number of amides is 1. The molecule has 0 radical (unpaired) electrons. The molecule has 1 saturated carbocycles. The third-order valence-electron chi connectivity index (χ3n) is 3.44. The summed E-state index contributed by atoms with van der Waals surface area (Å²) in [5.41, 5.74) is 5.79. The van der Waals surface area contributed by atoms with Crippen molar-refractivity contribution in [2.24, 2.45) is 11.7 Å². The van der Waals surface area contributed by atoms with E-state index in [2.05, 4.69) is 5.32 Å². The van der Waals surface area contributed by atoms with Crippen LogP contribution < -0.4 is 11.1 Å². The number of halogens is 2. The standard InChI is InChI=1S/C13H16F2N2O3S/c14-13(15)21(19,20)10-5-3-9(4-6-10)12(18)17-11(7-16)8-1-2-8/h3-6,8,11,13H,1-2,7,16H2,(H,17,18). The van der Waals surface area contributed by atoms with Crippen molar-refractivity contribution in [2.45, 2.75) is 29.5 Å². The predicted octanol–water partition coefficient (Wildman–Crippen LogP) is 1.15. The Balaban J connectivity index is 2.09. The first-order chi connectivity index (χ1) is 9.86. The van der Waals surface area contributed by atoms with Crippen LogP contribution in [0.1, 0.15) is 23.2 Å². The maximum absolute atomic E-state index is 12.4. The molecule has 3 N–H and O–H groups in total. The first-order valence-corrected chi connectivity index (χ1v) is 8.04. The van der Waals surface area contributed by atoms with Gasteiger partial charge in [0.25, 0.3) is 5.91 Å². The number of hydrogen-bond acceptors (Lipinski definition) is 4. The molecule has 0 aromatic heterocycles. The first kappa shape index (κ1) is 15.8. The Morgan fingerprint density at radius 3 is 2.29 bits per heavy atom. The summed E-state index contributed by atoms with van der Waals surface area (Å²) in [5.74, 6) is -3.48. The van der Waals surface area contributed by atoms with Crippen molar-refractivity contribution < 1.29 is 22.0 Å². The largest absolute Gasteiger partial charge is 0.348 e. The number of hydrogen-bond donors (Lipinski definition) is 2. The molecule has 1 aliphatic carbocycles. The summed E-state index contributed by atoms with van der Waals surface area (Å²) in [6, 6.07) is 4.33. The molecule has 0 bridgehead atoms. The highest BCUT2D eigenvalue weighted by Gasteiger charge is 2.31. The summed E-state index contributed by atoms with van der Waals surface area (Å²) in [6.45, 7) is 0.328. The maximum atomic E-state index is 12.4. The van der Waals surface area contributed by atoms with Crippen LogP contribution in [0.5, 0.6) is 0 Å². The van der Waals surface area contributed by atoms with Crippen molar-refractivity contribution >= 4 is 15.7 Å². The summed E-state index contributed by atoms with van der Waals surface area (Å²) in [6.07, 6.45) is 2.04. The third-order valence-corrected chi connectivity index (χ3v) is 4.84. The van der Waals surface area contributed by atoms with Gasteiger partial charge in [0.1, 0.15) is 0 Å². The van der Waals surface area contributed by atoms with E-state index < -0.39 is 26.4 Å². The second-order valence-corrected chi connectivity index (χ2v) is 6.90. The van der Waals surface area contributed by atoms with Gasteiger partial charge < -0.3 is 11.1 Å². The van der Waals surface area contributed by atoms with Crippen molar-refractivity contribution in [1.82, 2.24) is 5.32 Å². The molecule has 0 aliphatic heterocycles. The van der Waals surface area contributed by atoms with Gasteiger partial charge in [-0.1, -0.05) is 0 Å². The fourth-order valence-corrected chi connectivity index (χ4v) is 2.74. The van der Waals surface area contributed by atoms with Gasteiger partial charge in [-0.3, -0.25) is 4.79 Å². The molecular formula is C13H16F2N2O3S. The lowest BCUT2D eigenvalue weighted by molar-refractivity contribution is 0.0933. The Morgan fingerprint density at radius 2 is 1.86 bits per heavy atom. The van der Waals surface area contributed by atoms with Gasteiger partial charge in [-0.2, -0.15) is 8.78 Å². The van der Waals surface area contributed by atoms with E-state index in [4.69, 9.17) is 5.73 Å². The van der Waals surface area contributed by atoms with Crippen LogP contribution in [0.2, 0.25) is 0 Å². The van der Waals surface area contributed by atoms with Crippen LogP contribution in [0, 0.1) is 5.92 Å². The molecule has 1 aromatic rings. The highest BCUT2D eigenvalue weighted by Crippen LogP contribution is 2.32. The monoisotopic (exact) mass is 318 g/mol. The van der Waals surface area contributed by atoms with E-state index in [0.29, 0.717) is 12.5 Å². The lowest BCUT2D eigenvalue weighted by Crippen LogP contribution is -2.41. The molecule has 1 fully saturated rings. The Morgan fingerprint density at radius 1 is 1.29 bits per heavy atom. The predicted molar refractivity (Wildman–Crippen MR) is 72.7 cm³/mol. The molecule has 21 heavy (non-hydrogen) atoms. The molecule has 0 spiro atoms. The number of carbonyl (C=O) groups excluding carboxylic acids is 1. The van der Waals surface area contributed by atoms with E-state index >= 15 is 0 Å². The van der Waals surface area contributed by atoms with Crippen LogP contribution >= 0.6 is 0 Å². The summed E-state index contributed by atoms with van der Waals surface area (Å²) >= 11 is 0. The highest BCUT2D eigenvalue weighted by atomic mass is 32.2. The van der Waals surface area contributed by atoms with E-state index in [-0.39, 0.29) is 11.6 Å². The van der Waals surface area contributed by atoms with Crippen molar-refractivity contribution in [3.8, 4) is 0 Å². The number of nitrogens with one attached hydrogen (secondary N) is 1. The minimum atomic E-state index is -4.64. The molecular weight excluding hydrogens is 302 g/mol. The van der Waals surface area contributed by atoms with E-state index in [1.807, 2.05) is 0 Å². The Bertz CT molecular complexity index is 613. The van der Waals surface area contributed by atoms with Crippen molar-refractivity contribution in [3.05, 3.63) is 29.8 Å². The van der Waals surface area contributed by atoms with Gasteiger partial charge in [0.15, 0.2) is 0 Å². The fraction of sp³-hybridized carbons (Fsp3) is 0.462. The molecule has 2 rings (SSSR count). The van der Waals surface area contributed by atoms with Crippen LogP contribution in [0.25, 0.3) is 0 Å². The Labute approximate surface area is 121 Å². The van der Waals surface area contributed by atoms with Gasteiger partial charge in [0.05, 0.1) is 4.90 Å². The average Bonchev–Trinajstić information content (AvgIpc) is 3.29. The summed E-state index contributed by atoms with van der Waals surface area (Å²) in [4.78, 5) is 11.5. The van der Waals surface area contributed by atoms with Crippen LogP contribution in [0.4, 0.5) is 8.78 Å². The highest BCUT2D eigenvalue weighted by molar-refractivity contribution is 7.91.